The molecule has 1 aliphatic rings. The van der Waals surface area contributed by atoms with E-state index in [9.17, 15) is 13.2 Å². The van der Waals surface area contributed by atoms with E-state index in [1.165, 1.54) is 4.90 Å². The van der Waals surface area contributed by atoms with Crippen molar-refractivity contribution in [3.8, 4) is 0 Å². The van der Waals surface area contributed by atoms with Crippen molar-refractivity contribution >= 4 is 29.9 Å². The molecule has 1 atom stereocenters. The number of rotatable bonds is 5. The lowest BCUT2D eigenvalue weighted by atomic mass is 10.3. The minimum Gasteiger partial charge on any atom is -0.444 e. The Hall–Kier alpha value is -1.04. The fourth-order valence-electron chi connectivity index (χ4n) is 2.61. The molecule has 0 bridgehead atoms. The van der Waals surface area contributed by atoms with Crippen molar-refractivity contribution in [3.63, 3.8) is 0 Å². The standard InChI is InChI=1S/C15H24F3N5O.HI/c1-4-19-14(20-7-13-21-10(2)11(3)24-13)22-12-5-6-23(8-12)9-15(16,17)18;/h12H,4-9H2,1-3H3,(H2,19,20,22);1H. The molecular weight excluding hydrogens is 450 g/mol. The first kappa shape index (κ1) is 22.0. The van der Waals surface area contributed by atoms with Gasteiger partial charge in [-0.3, -0.25) is 4.90 Å². The Morgan fingerprint density at radius 2 is 2.12 bits per heavy atom. The van der Waals surface area contributed by atoms with Crippen LogP contribution in [0, 0.1) is 13.8 Å². The van der Waals surface area contributed by atoms with Crippen molar-refractivity contribution in [2.24, 2.45) is 4.99 Å². The number of hydrogen-bond donors (Lipinski definition) is 2. The Morgan fingerprint density at radius 3 is 2.68 bits per heavy atom. The average molecular weight is 475 g/mol. The molecule has 1 aromatic heterocycles. The topological polar surface area (TPSA) is 65.7 Å². The summed E-state index contributed by atoms with van der Waals surface area (Å²) in [6.45, 7) is 6.48. The number of oxazole rings is 1. The summed E-state index contributed by atoms with van der Waals surface area (Å²) in [5, 5.41) is 6.28. The highest BCUT2D eigenvalue weighted by Gasteiger charge is 2.34. The zero-order chi connectivity index (χ0) is 17.7. The molecule has 0 amide bonds. The molecule has 10 heteroatoms. The maximum absolute atomic E-state index is 12.4. The average Bonchev–Trinajstić information content (AvgIpc) is 3.02. The number of hydrogen-bond acceptors (Lipinski definition) is 4. The number of likely N-dealkylation sites (tertiary alicyclic amines) is 1. The van der Waals surface area contributed by atoms with E-state index < -0.39 is 12.7 Å². The van der Waals surface area contributed by atoms with Crippen molar-refractivity contribution in [1.82, 2.24) is 20.5 Å². The maximum atomic E-state index is 12.4. The van der Waals surface area contributed by atoms with Gasteiger partial charge in [-0.2, -0.15) is 13.2 Å². The molecule has 0 aliphatic carbocycles. The van der Waals surface area contributed by atoms with Gasteiger partial charge in [0, 0.05) is 25.7 Å². The number of aryl methyl sites for hydroxylation is 2. The lowest BCUT2D eigenvalue weighted by Gasteiger charge is -2.19. The summed E-state index contributed by atoms with van der Waals surface area (Å²) in [4.78, 5) is 10.1. The number of alkyl halides is 3. The van der Waals surface area contributed by atoms with Crippen molar-refractivity contribution < 1.29 is 17.6 Å². The zero-order valence-electron chi connectivity index (χ0n) is 14.6. The summed E-state index contributed by atoms with van der Waals surface area (Å²) >= 11 is 0. The fraction of sp³-hybridized carbons (Fsp3) is 0.733. The maximum Gasteiger partial charge on any atom is 0.401 e. The van der Waals surface area contributed by atoms with E-state index in [2.05, 4.69) is 20.6 Å². The van der Waals surface area contributed by atoms with Gasteiger partial charge >= 0.3 is 6.18 Å². The van der Waals surface area contributed by atoms with E-state index in [1.54, 1.807) is 0 Å². The molecule has 0 aromatic carbocycles. The molecule has 1 aliphatic heterocycles. The predicted octanol–water partition coefficient (Wildman–Crippen LogP) is 2.60. The van der Waals surface area contributed by atoms with Crippen LogP contribution < -0.4 is 10.6 Å². The summed E-state index contributed by atoms with van der Waals surface area (Å²) < 4.78 is 42.8. The molecule has 0 saturated carbocycles. The molecule has 0 spiro atoms. The minimum atomic E-state index is -4.16. The molecular formula is C15H25F3IN5O. The third-order valence-electron chi connectivity index (χ3n) is 3.81. The first-order valence-corrected chi connectivity index (χ1v) is 8.03. The van der Waals surface area contributed by atoms with E-state index >= 15 is 0 Å². The van der Waals surface area contributed by atoms with E-state index in [1.807, 2.05) is 20.8 Å². The van der Waals surface area contributed by atoms with Gasteiger partial charge < -0.3 is 15.1 Å². The van der Waals surface area contributed by atoms with Gasteiger partial charge in [-0.25, -0.2) is 9.98 Å². The smallest absolute Gasteiger partial charge is 0.401 e. The Balaban J connectivity index is 0.00000312. The molecule has 144 valence electrons. The van der Waals surface area contributed by atoms with Gasteiger partial charge in [-0.05, 0) is 27.2 Å². The first-order valence-electron chi connectivity index (χ1n) is 8.03. The van der Waals surface area contributed by atoms with Crippen molar-refractivity contribution in [2.75, 3.05) is 26.2 Å². The molecule has 2 rings (SSSR count). The van der Waals surface area contributed by atoms with Crippen molar-refractivity contribution in [2.45, 2.75) is 46.0 Å². The van der Waals surface area contributed by atoms with E-state index in [0.717, 1.165) is 11.5 Å². The van der Waals surface area contributed by atoms with Crippen molar-refractivity contribution in [1.29, 1.82) is 0 Å². The van der Waals surface area contributed by atoms with E-state index in [4.69, 9.17) is 4.42 Å². The van der Waals surface area contributed by atoms with Crippen LogP contribution in [0.15, 0.2) is 9.41 Å². The van der Waals surface area contributed by atoms with Crippen LogP contribution in [0.2, 0.25) is 0 Å². The minimum absolute atomic E-state index is 0. The van der Waals surface area contributed by atoms with Crippen LogP contribution >= 0.6 is 24.0 Å². The van der Waals surface area contributed by atoms with E-state index in [-0.39, 0.29) is 36.6 Å². The molecule has 1 aromatic rings. The van der Waals surface area contributed by atoms with Crippen LogP contribution in [0.4, 0.5) is 13.2 Å². The highest BCUT2D eigenvalue weighted by atomic mass is 127. The number of guanidine groups is 1. The van der Waals surface area contributed by atoms with Gasteiger partial charge in [0.1, 0.15) is 12.3 Å². The summed E-state index contributed by atoms with van der Waals surface area (Å²) in [6, 6.07) is -0.0572. The Bertz CT molecular complexity index is 557. The normalized spacial score (nSPS) is 19.0. The molecule has 0 radical (unpaired) electrons. The highest BCUT2D eigenvalue weighted by molar-refractivity contribution is 14.0. The largest absolute Gasteiger partial charge is 0.444 e. The van der Waals surface area contributed by atoms with Crippen LogP contribution in [0.3, 0.4) is 0 Å². The summed E-state index contributed by atoms with van der Waals surface area (Å²) in [7, 11) is 0. The third-order valence-corrected chi connectivity index (χ3v) is 3.81. The SMILES string of the molecule is CCNC(=NCc1nc(C)c(C)o1)NC1CCN(CC(F)(F)F)C1.I. The number of halogens is 4. The number of nitrogens with one attached hydrogen (secondary N) is 2. The fourth-order valence-corrected chi connectivity index (χ4v) is 2.61. The van der Waals surface area contributed by atoms with Gasteiger partial charge in [0.25, 0.3) is 0 Å². The first-order chi connectivity index (χ1) is 11.3. The molecule has 2 N–H and O–H groups in total. The molecule has 25 heavy (non-hydrogen) atoms. The lowest BCUT2D eigenvalue weighted by molar-refractivity contribution is -0.143. The van der Waals surface area contributed by atoms with E-state index in [0.29, 0.717) is 37.9 Å². The molecule has 1 saturated heterocycles. The summed E-state index contributed by atoms with van der Waals surface area (Å²) in [5.74, 6) is 1.84. The van der Waals surface area contributed by atoms with Gasteiger partial charge in [-0.15, -0.1) is 24.0 Å². The molecule has 1 unspecified atom stereocenters. The third kappa shape index (κ3) is 7.38. The summed E-state index contributed by atoms with van der Waals surface area (Å²) in [6.07, 6.45) is -3.51. The Morgan fingerprint density at radius 1 is 1.40 bits per heavy atom. The van der Waals surface area contributed by atoms with Gasteiger partial charge in [0.2, 0.25) is 5.89 Å². The van der Waals surface area contributed by atoms with Crippen molar-refractivity contribution in [3.05, 3.63) is 17.3 Å². The zero-order valence-corrected chi connectivity index (χ0v) is 16.9. The number of aromatic nitrogens is 1. The monoisotopic (exact) mass is 475 g/mol. The molecule has 1 fully saturated rings. The second kappa shape index (κ2) is 9.60. The Labute approximate surface area is 162 Å². The highest BCUT2D eigenvalue weighted by Crippen LogP contribution is 2.20. The second-order valence-corrected chi connectivity index (χ2v) is 5.92. The molecule has 2 heterocycles. The summed E-state index contributed by atoms with van der Waals surface area (Å²) in [5.41, 5.74) is 0.830. The van der Waals surface area contributed by atoms with Crippen LogP contribution in [-0.4, -0.2) is 54.2 Å². The quantitative estimate of drug-likeness (QED) is 0.390. The van der Waals surface area contributed by atoms with Gasteiger partial charge in [-0.1, -0.05) is 0 Å². The van der Waals surface area contributed by atoms with Crippen LogP contribution in [0.5, 0.6) is 0 Å². The van der Waals surface area contributed by atoms with Crippen LogP contribution in [0.1, 0.15) is 30.7 Å². The second-order valence-electron chi connectivity index (χ2n) is 5.92. The lowest BCUT2D eigenvalue weighted by Crippen LogP contribution is -2.45. The number of nitrogens with zero attached hydrogens (tertiary/aromatic N) is 3. The predicted molar refractivity (Wildman–Crippen MR) is 100 cm³/mol. The number of aliphatic imine (C=N–C) groups is 1. The van der Waals surface area contributed by atoms with Crippen LogP contribution in [-0.2, 0) is 6.54 Å². The van der Waals surface area contributed by atoms with Gasteiger partial charge in [0.15, 0.2) is 5.96 Å². The molecule has 6 nitrogen and oxygen atoms in total. The van der Waals surface area contributed by atoms with Crippen LogP contribution in [0.25, 0.3) is 0 Å². The Kier molecular flexibility index (Phi) is 8.45. The van der Waals surface area contributed by atoms with Gasteiger partial charge in [0.05, 0.1) is 12.2 Å².